The topological polar surface area (TPSA) is 113 Å². The van der Waals surface area contributed by atoms with Crippen LogP contribution in [0.5, 0.6) is 0 Å². The van der Waals surface area contributed by atoms with E-state index < -0.39 is 5.97 Å². The van der Waals surface area contributed by atoms with Crippen LogP contribution >= 0.6 is 11.3 Å². The second-order valence-corrected chi connectivity index (χ2v) is 10.8. The first-order chi connectivity index (χ1) is 17.1. The predicted molar refractivity (Wildman–Crippen MR) is 140 cm³/mol. The molecular weight excluding hydrogens is 478 g/mol. The fraction of sp³-hybridized carbons (Fsp3) is 0.407. The summed E-state index contributed by atoms with van der Waals surface area (Å²) in [4.78, 5) is 40.6. The maximum absolute atomic E-state index is 13.5. The van der Waals surface area contributed by atoms with Gasteiger partial charge in [0.2, 0.25) is 5.91 Å². The van der Waals surface area contributed by atoms with Gasteiger partial charge >= 0.3 is 5.97 Å². The third kappa shape index (κ3) is 5.51. The standard InChI is InChI=1S/C27H31N3O5S/c1-15(2)30(26(32)19-7-5-16(3)6-8-19)22-14-23(36-24(22)27(33)34)18-9-11-20(12-10-18)28-25(31)21-13-17(4)35-29-21/h9-16,19H,5-8H2,1-4H3,(H,28,31)(H,33,34). The number of carboxylic acids is 1. The predicted octanol–water partition coefficient (Wildman–Crippen LogP) is 6.23. The van der Waals surface area contributed by atoms with E-state index >= 15 is 0 Å². The molecular formula is C27H31N3O5S. The monoisotopic (exact) mass is 509 g/mol. The number of aromatic carboxylic acids is 1. The van der Waals surface area contributed by atoms with Gasteiger partial charge in [-0.25, -0.2) is 4.79 Å². The van der Waals surface area contributed by atoms with Crippen molar-refractivity contribution in [3.05, 3.63) is 52.7 Å². The van der Waals surface area contributed by atoms with Crippen LogP contribution in [0, 0.1) is 18.8 Å². The van der Waals surface area contributed by atoms with Crippen LogP contribution in [0.15, 0.2) is 40.9 Å². The van der Waals surface area contributed by atoms with E-state index in [2.05, 4.69) is 17.4 Å². The Bertz CT molecular complexity index is 1250. The lowest BCUT2D eigenvalue weighted by atomic mass is 9.82. The van der Waals surface area contributed by atoms with Crippen LogP contribution < -0.4 is 10.2 Å². The Hall–Kier alpha value is -3.46. The molecule has 0 bridgehead atoms. The smallest absolute Gasteiger partial charge is 0.348 e. The molecule has 0 unspecified atom stereocenters. The van der Waals surface area contributed by atoms with Crippen LogP contribution in [0.1, 0.15) is 72.4 Å². The first-order valence-electron chi connectivity index (χ1n) is 12.2. The minimum Gasteiger partial charge on any atom is -0.477 e. The molecule has 1 fully saturated rings. The van der Waals surface area contributed by atoms with Gasteiger partial charge < -0.3 is 19.8 Å². The van der Waals surface area contributed by atoms with Crippen LogP contribution in [0.2, 0.25) is 0 Å². The molecule has 2 aromatic heterocycles. The lowest BCUT2D eigenvalue weighted by Crippen LogP contribution is -2.42. The summed E-state index contributed by atoms with van der Waals surface area (Å²) in [5.41, 5.74) is 2.01. The normalized spacial score (nSPS) is 17.7. The van der Waals surface area contributed by atoms with Crippen molar-refractivity contribution in [2.24, 2.45) is 11.8 Å². The second kappa shape index (κ2) is 10.7. The van der Waals surface area contributed by atoms with Gasteiger partial charge in [-0.05, 0) is 76.1 Å². The van der Waals surface area contributed by atoms with E-state index in [4.69, 9.17) is 4.52 Å². The van der Waals surface area contributed by atoms with Crippen molar-refractivity contribution in [2.75, 3.05) is 10.2 Å². The highest BCUT2D eigenvalue weighted by molar-refractivity contribution is 7.18. The summed E-state index contributed by atoms with van der Waals surface area (Å²) in [5, 5.41) is 16.4. The Kier molecular flexibility index (Phi) is 7.59. The summed E-state index contributed by atoms with van der Waals surface area (Å²) in [7, 11) is 0. The van der Waals surface area contributed by atoms with Crippen molar-refractivity contribution < 1.29 is 24.0 Å². The number of amides is 2. The zero-order chi connectivity index (χ0) is 26.0. The van der Waals surface area contributed by atoms with E-state index in [1.165, 1.54) is 0 Å². The van der Waals surface area contributed by atoms with E-state index in [-0.39, 0.29) is 34.3 Å². The lowest BCUT2D eigenvalue weighted by molar-refractivity contribution is -0.123. The highest BCUT2D eigenvalue weighted by Gasteiger charge is 2.33. The van der Waals surface area contributed by atoms with Gasteiger partial charge in [0.1, 0.15) is 10.6 Å². The molecule has 0 spiro atoms. The number of nitrogens with one attached hydrogen (secondary N) is 1. The zero-order valence-electron chi connectivity index (χ0n) is 20.9. The Morgan fingerprint density at radius 3 is 2.33 bits per heavy atom. The number of rotatable bonds is 7. The minimum absolute atomic E-state index is 0.00454. The Labute approximate surface area is 214 Å². The van der Waals surface area contributed by atoms with Crippen molar-refractivity contribution in [1.29, 1.82) is 0 Å². The highest BCUT2D eigenvalue weighted by atomic mass is 32.1. The van der Waals surface area contributed by atoms with E-state index in [0.717, 1.165) is 47.5 Å². The molecule has 0 saturated heterocycles. The Balaban J connectivity index is 1.58. The van der Waals surface area contributed by atoms with Crippen molar-refractivity contribution in [2.45, 2.75) is 59.4 Å². The first-order valence-corrected chi connectivity index (χ1v) is 13.0. The third-order valence-corrected chi connectivity index (χ3v) is 7.73. The molecule has 36 heavy (non-hydrogen) atoms. The summed E-state index contributed by atoms with van der Waals surface area (Å²) in [5.74, 6) is -0.338. The van der Waals surface area contributed by atoms with Gasteiger partial charge in [0.25, 0.3) is 5.91 Å². The maximum Gasteiger partial charge on any atom is 0.348 e. The molecule has 9 heteroatoms. The van der Waals surface area contributed by atoms with Gasteiger partial charge in [0, 0.05) is 28.6 Å². The molecule has 2 amide bonds. The van der Waals surface area contributed by atoms with Gasteiger partial charge in [0.15, 0.2) is 5.69 Å². The summed E-state index contributed by atoms with van der Waals surface area (Å²) < 4.78 is 4.94. The summed E-state index contributed by atoms with van der Waals surface area (Å²) in [6, 6.07) is 10.3. The van der Waals surface area contributed by atoms with E-state index in [1.807, 2.05) is 26.0 Å². The Morgan fingerprint density at radius 1 is 1.11 bits per heavy atom. The van der Waals surface area contributed by atoms with Gasteiger partial charge in [0.05, 0.1) is 5.69 Å². The molecule has 190 valence electrons. The van der Waals surface area contributed by atoms with E-state index in [1.54, 1.807) is 36.1 Å². The highest BCUT2D eigenvalue weighted by Crippen LogP contribution is 2.40. The van der Waals surface area contributed by atoms with Gasteiger partial charge in [-0.2, -0.15) is 0 Å². The minimum atomic E-state index is -1.05. The fourth-order valence-corrected chi connectivity index (χ4v) is 5.59. The zero-order valence-corrected chi connectivity index (χ0v) is 21.7. The summed E-state index contributed by atoms with van der Waals surface area (Å²) in [6.07, 6.45) is 3.71. The number of carbonyl (C=O) groups is 3. The molecule has 8 nitrogen and oxygen atoms in total. The van der Waals surface area contributed by atoms with Crippen molar-refractivity contribution in [1.82, 2.24) is 5.16 Å². The number of aryl methyl sites for hydroxylation is 1. The molecule has 0 radical (unpaired) electrons. The number of anilines is 2. The summed E-state index contributed by atoms with van der Waals surface area (Å²) in [6.45, 7) is 7.75. The van der Waals surface area contributed by atoms with Crippen LogP contribution in [0.25, 0.3) is 10.4 Å². The molecule has 0 atom stereocenters. The number of carboxylic acid groups (broad SMARTS) is 1. The number of nitrogens with zero attached hydrogens (tertiary/aromatic N) is 2. The average Bonchev–Trinajstić information content (AvgIpc) is 3.47. The number of hydrogen-bond acceptors (Lipinski definition) is 6. The number of hydrogen-bond donors (Lipinski definition) is 2. The van der Waals surface area contributed by atoms with Gasteiger partial charge in [-0.1, -0.05) is 24.2 Å². The van der Waals surface area contributed by atoms with Crippen LogP contribution in [-0.2, 0) is 4.79 Å². The molecule has 1 aliphatic rings. The Morgan fingerprint density at radius 2 is 1.78 bits per heavy atom. The SMILES string of the molecule is Cc1cc(C(=O)Nc2ccc(-c3cc(N(C(=O)C4CCC(C)CC4)C(C)C)c(C(=O)O)s3)cc2)no1. The van der Waals surface area contributed by atoms with E-state index in [0.29, 0.717) is 23.1 Å². The molecule has 2 heterocycles. The third-order valence-electron chi connectivity index (χ3n) is 6.57. The van der Waals surface area contributed by atoms with Crippen molar-refractivity contribution >= 4 is 40.5 Å². The molecule has 1 aliphatic carbocycles. The molecule has 1 aromatic carbocycles. The average molecular weight is 510 g/mol. The second-order valence-electron chi connectivity index (χ2n) is 9.74. The number of thiophene rings is 1. The van der Waals surface area contributed by atoms with Gasteiger partial charge in [-0.3, -0.25) is 9.59 Å². The quantitative estimate of drug-likeness (QED) is 0.390. The molecule has 2 N–H and O–H groups in total. The van der Waals surface area contributed by atoms with Crippen LogP contribution in [0.3, 0.4) is 0 Å². The molecule has 1 saturated carbocycles. The van der Waals surface area contributed by atoms with E-state index in [9.17, 15) is 19.5 Å². The molecule has 3 aromatic rings. The first kappa shape index (κ1) is 25.6. The number of carbonyl (C=O) groups excluding carboxylic acids is 2. The lowest BCUT2D eigenvalue weighted by Gasteiger charge is -2.33. The number of aromatic nitrogens is 1. The number of benzene rings is 1. The molecule has 0 aliphatic heterocycles. The maximum atomic E-state index is 13.5. The van der Waals surface area contributed by atoms with Crippen molar-refractivity contribution in [3.63, 3.8) is 0 Å². The van der Waals surface area contributed by atoms with Gasteiger partial charge in [-0.15, -0.1) is 11.3 Å². The van der Waals surface area contributed by atoms with Crippen molar-refractivity contribution in [3.8, 4) is 10.4 Å². The van der Waals surface area contributed by atoms with Crippen LogP contribution in [0.4, 0.5) is 11.4 Å². The fourth-order valence-electron chi connectivity index (χ4n) is 4.60. The largest absolute Gasteiger partial charge is 0.477 e. The molecule has 4 rings (SSSR count). The van der Waals surface area contributed by atoms with Crippen LogP contribution in [-0.4, -0.2) is 34.1 Å². The summed E-state index contributed by atoms with van der Waals surface area (Å²) >= 11 is 1.15.